The van der Waals surface area contributed by atoms with Crippen LogP contribution >= 0.6 is 36.2 Å². The summed E-state index contributed by atoms with van der Waals surface area (Å²) in [4.78, 5) is 16.2. The van der Waals surface area contributed by atoms with Crippen molar-refractivity contribution in [3.05, 3.63) is 16.6 Å². The normalized spacial score (nSPS) is 14.5. The average Bonchev–Trinajstić information content (AvgIpc) is 2.87. The predicted molar refractivity (Wildman–Crippen MR) is 85.2 cm³/mol. The Labute approximate surface area is 131 Å². The lowest BCUT2D eigenvalue weighted by molar-refractivity contribution is -0.124. The number of nitrogens with one attached hydrogen (secondary N) is 1. The van der Waals surface area contributed by atoms with Gasteiger partial charge in [-0.3, -0.25) is 4.79 Å². The van der Waals surface area contributed by atoms with E-state index >= 15 is 0 Å². The molecule has 1 amide bonds. The molecule has 1 heterocycles. The van der Waals surface area contributed by atoms with Gasteiger partial charge in [0.15, 0.2) is 0 Å². The highest BCUT2D eigenvalue weighted by Crippen LogP contribution is 2.19. The summed E-state index contributed by atoms with van der Waals surface area (Å²) in [5.74, 6) is 0.116. The molecule has 3 unspecified atom stereocenters. The quantitative estimate of drug-likeness (QED) is 0.844. The molecule has 3 atom stereocenters. The summed E-state index contributed by atoms with van der Waals surface area (Å²) in [6, 6.07) is -0.452. The van der Waals surface area contributed by atoms with E-state index in [2.05, 4.69) is 10.3 Å². The van der Waals surface area contributed by atoms with E-state index in [0.717, 1.165) is 17.8 Å². The molecule has 112 valence electrons. The van der Waals surface area contributed by atoms with E-state index in [4.69, 9.17) is 5.73 Å². The molecular formula is C12H23Cl2N3OS. The molecule has 1 aromatic heterocycles. The van der Waals surface area contributed by atoms with Crippen LogP contribution in [0.5, 0.6) is 0 Å². The van der Waals surface area contributed by atoms with Gasteiger partial charge in [-0.25, -0.2) is 4.98 Å². The van der Waals surface area contributed by atoms with Crippen molar-refractivity contribution in [2.75, 3.05) is 0 Å². The van der Waals surface area contributed by atoms with E-state index in [-0.39, 0.29) is 42.7 Å². The number of carbonyl (C=O) groups excluding carboxylic acids is 1. The van der Waals surface area contributed by atoms with Crippen LogP contribution in [0.1, 0.15) is 44.7 Å². The Kier molecular flexibility index (Phi) is 11.5. The molecule has 0 spiro atoms. The Morgan fingerprint density at radius 3 is 2.47 bits per heavy atom. The fourth-order valence-corrected chi connectivity index (χ4v) is 2.30. The fourth-order valence-electron chi connectivity index (χ4n) is 1.53. The lowest BCUT2D eigenvalue weighted by Gasteiger charge is -2.21. The van der Waals surface area contributed by atoms with Gasteiger partial charge in [-0.05, 0) is 12.3 Å². The van der Waals surface area contributed by atoms with Gasteiger partial charge in [0.05, 0.1) is 12.1 Å². The maximum atomic E-state index is 11.9. The summed E-state index contributed by atoms with van der Waals surface area (Å²) < 4.78 is 0. The maximum absolute atomic E-state index is 11.9. The van der Waals surface area contributed by atoms with Gasteiger partial charge in [0.2, 0.25) is 5.91 Å². The molecule has 0 aliphatic heterocycles. The number of hydrogen-bond donors (Lipinski definition) is 2. The molecule has 19 heavy (non-hydrogen) atoms. The molecule has 1 rings (SSSR count). The number of amides is 1. The highest BCUT2D eigenvalue weighted by molar-refractivity contribution is 7.09. The Balaban J connectivity index is 0. The van der Waals surface area contributed by atoms with Crippen LogP contribution in [0.4, 0.5) is 0 Å². The second-order valence-electron chi connectivity index (χ2n) is 4.25. The van der Waals surface area contributed by atoms with Gasteiger partial charge in [-0.1, -0.05) is 27.2 Å². The van der Waals surface area contributed by atoms with Crippen LogP contribution in [-0.4, -0.2) is 16.9 Å². The van der Waals surface area contributed by atoms with Crippen molar-refractivity contribution in [3.8, 4) is 0 Å². The zero-order valence-electron chi connectivity index (χ0n) is 11.5. The zero-order chi connectivity index (χ0) is 12.8. The van der Waals surface area contributed by atoms with E-state index < -0.39 is 6.04 Å². The van der Waals surface area contributed by atoms with Crippen LogP contribution in [0.25, 0.3) is 0 Å². The second-order valence-corrected chi connectivity index (χ2v) is 5.18. The number of hydrogen-bond acceptors (Lipinski definition) is 4. The molecule has 0 fully saturated rings. The molecule has 3 N–H and O–H groups in total. The largest absolute Gasteiger partial charge is 0.346 e. The van der Waals surface area contributed by atoms with Crippen LogP contribution in [0.2, 0.25) is 0 Å². The third-order valence-corrected chi connectivity index (χ3v) is 3.92. The number of halogens is 2. The van der Waals surface area contributed by atoms with Crippen molar-refractivity contribution in [2.45, 2.75) is 45.7 Å². The van der Waals surface area contributed by atoms with Crippen molar-refractivity contribution in [2.24, 2.45) is 11.7 Å². The molecule has 0 saturated heterocycles. The third-order valence-electron chi connectivity index (χ3n) is 3.03. The summed E-state index contributed by atoms with van der Waals surface area (Å²) in [5.41, 5.74) is 5.90. The van der Waals surface area contributed by atoms with Gasteiger partial charge in [-0.15, -0.1) is 36.2 Å². The van der Waals surface area contributed by atoms with Crippen molar-refractivity contribution in [1.29, 1.82) is 0 Å². The summed E-state index contributed by atoms with van der Waals surface area (Å²) in [6.45, 7) is 6.06. The first-order chi connectivity index (χ1) is 8.10. The van der Waals surface area contributed by atoms with Gasteiger partial charge in [-0.2, -0.15) is 0 Å². The van der Waals surface area contributed by atoms with Gasteiger partial charge in [0.25, 0.3) is 0 Å². The zero-order valence-corrected chi connectivity index (χ0v) is 13.9. The van der Waals surface area contributed by atoms with Crippen LogP contribution in [0.15, 0.2) is 11.6 Å². The van der Waals surface area contributed by atoms with E-state index in [9.17, 15) is 4.79 Å². The molecule has 0 bridgehead atoms. The third kappa shape index (κ3) is 6.08. The minimum Gasteiger partial charge on any atom is -0.346 e. The summed E-state index contributed by atoms with van der Waals surface area (Å²) >= 11 is 1.56. The van der Waals surface area contributed by atoms with Crippen molar-refractivity contribution in [3.63, 3.8) is 0 Å². The Hall–Kier alpha value is -0.360. The SMILES string of the molecule is CCC(NC(=O)C(N)C(C)CC)c1nccs1.Cl.Cl. The van der Waals surface area contributed by atoms with Crippen LogP contribution < -0.4 is 11.1 Å². The Morgan fingerprint density at radius 2 is 2.05 bits per heavy atom. The highest BCUT2D eigenvalue weighted by Gasteiger charge is 2.23. The Morgan fingerprint density at radius 1 is 1.42 bits per heavy atom. The molecule has 0 aliphatic rings. The first-order valence-electron chi connectivity index (χ1n) is 6.05. The number of nitrogens with two attached hydrogens (primary N) is 1. The maximum Gasteiger partial charge on any atom is 0.237 e. The molecular weight excluding hydrogens is 305 g/mol. The first-order valence-corrected chi connectivity index (χ1v) is 6.93. The van der Waals surface area contributed by atoms with E-state index in [0.29, 0.717) is 0 Å². The number of carbonyl (C=O) groups is 1. The summed E-state index contributed by atoms with van der Waals surface area (Å²) in [6.07, 6.45) is 3.48. The standard InChI is InChI=1S/C12H21N3OS.2ClH/c1-4-8(3)10(13)11(16)15-9(5-2)12-14-6-7-17-12;;/h6-10H,4-5,13H2,1-3H3,(H,15,16);2*1H. The van der Waals surface area contributed by atoms with Crippen LogP contribution in [0.3, 0.4) is 0 Å². The minimum atomic E-state index is -0.436. The van der Waals surface area contributed by atoms with Crippen molar-refractivity contribution in [1.82, 2.24) is 10.3 Å². The second kappa shape index (κ2) is 10.4. The van der Waals surface area contributed by atoms with E-state index in [1.807, 2.05) is 26.2 Å². The number of nitrogens with zero attached hydrogens (tertiary/aromatic N) is 1. The molecule has 4 nitrogen and oxygen atoms in total. The average molecular weight is 328 g/mol. The van der Waals surface area contributed by atoms with Crippen LogP contribution in [-0.2, 0) is 4.79 Å². The van der Waals surface area contributed by atoms with E-state index in [1.54, 1.807) is 17.5 Å². The van der Waals surface area contributed by atoms with Gasteiger partial charge < -0.3 is 11.1 Å². The topological polar surface area (TPSA) is 68.0 Å². The van der Waals surface area contributed by atoms with Gasteiger partial charge in [0.1, 0.15) is 5.01 Å². The van der Waals surface area contributed by atoms with Crippen LogP contribution in [0, 0.1) is 5.92 Å². The number of thiazole rings is 1. The number of aromatic nitrogens is 1. The van der Waals surface area contributed by atoms with Crippen molar-refractivity contribution < 1.29 is 4.79 Å². The van der Waals surface area contributed by atoms with Crippen molar-refractivity contribution >= 4 is 42.1 Å². The van der Waals surface area contributed by atoms with Gasteiger partial charge in [0, 0.05) is 11.6 Å². The highest BCUT2D eigenvalue weighted by atomic mass is 35.5. The number of rotatable bonds is 6. The molecule has 0 saturated carbocycles. The van der Waals surface area contributed by atoms with E-state index in [1.165, 1.54) is 0 Å². The lowest BCUT2D eigenvalue weighted by atomic mass is 9.99. The van der Waals surface area contributed by atoms with Gasteiger partial charge >= 0.3 is 0 Å². The smallest absolute Gasteiger partial charge is 0.237 e. The lowest BCUT2D eigenvalue weighted by Crippen LogP contribution is -2.45. The summed E-state index contributed by atoms with van der Waals surface area (Å²) in [7, 11) is 0. The predicted octanol–water partition coefficient (Wildman–Crippen LogP) is 2.93. The fraction of sp³-hybridized carbons (Fsp3) is 0.667. The molecule has 0 aliphatic carbocycles. The molecule has 0 radical (unpaired) electrons. The molecule has 7 heteroatoms. The molecule has 0 aromatic carbocycles. The summed E-state index contributed by atoms with van der Waals surface area (Å²) in [5, 5.41) is 5.83. The minimum absolute atomic E-state index is 0. The first kappa shape index (κ1) is 20.9. The molecule has 1 aromatic rings. The monoisotopic (exact) mass is 327 g/mol. The Bertz CT molecular complexity index is 349.